The van der Waals surface area contributed by atoms with Crippen molar-refractivity contribution in [1.82, 2.24) is 4.98 Å². The molecule has 78 valence electrons. The number of benzene rings is 1. The molecule has 15 heavy (non-hydrogen) atoms. The molecule has 2 aromatic rings. The Labute approximate surface area is 96.1 Å². The number of nitrogens with one attached hydrogen (secondary N) is 1. The summed E-state index contributed by atoms with van der Waals surface area (Å²) in [7, 11) is 0. The number of amides is 1. The predicted octanol–water partition coefficient (Wildman–Crippen LogP) is 2.78. The molecule has 0 fully saturated rings. The minimum atomic E-state index is -0.229. The van der Waals surface area contributed by atoms with Gasteiger partial charge in [-0.25, -0.2) is 4.98 Å². The van der Waals surface area contributed by atoms with Crippen molar-refractivity contribution < 1.29 is 4.79 Å². The van der Waals surface area contributed by atoms with Crippen molar-refractivity contribution in [2.24, 2.45) is 0 Å². The molecule has 1 aromatic carbocycles. The summed E-state index contributed by atoms with van der Waals surface area (Å²) in [6.45, 7) is 2.01. The molecule has 2 rings (SSSR count). The molecule has 0 bridgehead atoms. The lowest BCUT2D eigenvalue weighted by Crippen LogP contribution is -2.11. The van der Waals surface area contributed by atoms with E-state index in [1.54, 1.807) is 0 Å². The highest BCUT2D eigenvalue weighted by Gasteiger charge is 2.06. The van der Waals surface area contributed by atoms with E-state index in [-0.39, 0.29) is 11.8 Å². The van der Waals surface area contributed by atoms with Crippen molar-refractivity contribution in [3.63, 3.8) is 0 Å². The number of anilines is 1. The van der Waals surface area contributed by atoms with Crippen molar-refractivity contribution in [3.05, 3.63) is 23.8 Å². The van der Waals surface area contributed by atoms with Crippen LogP contribution in [-0.2, 0) is 4.79 Å². The molecule has 1 aromatic heterocycles. The largest absolute Gasteiger partial charge is 0.301 e. The fraction of sp³-hybridized carbons (Fsp3) is 0.200. The number of fused-ring (bicyclic) bond motifs is 1. The molecule has 0 radical (unpaired) electrons. The minimum absolute atomic E-state index is 0.0467. The highest BCUT2D eigenvalue weighted by Crippen LogP contribution is 2.26. The number of nitrogens with zero attached hydrogens (tertiary/aromatic N) is 1. The van der Waals surface area contributed by atoms with Gasteiger partial charge in [0, 0.05) is 0 Å². The number of halogens is 1. The molecule has 3 nitrogen and oxygen atoms in total. The molecule has 0 saturated heterocycles. The van der Waals surface area contributed by atoms with Crippen LogP contribution in [0.2, 0.25) is 0 Å². The third kappa shape index (κ3) is 2.27. The van der Waals surface area contributed by atoms with Crippen LogP contribution in [-0.4, -0.2) is 16.8 Å². The van der Waals surface area contributed by atoms with Gasteiger partial charge >= 0.3 is 0 Å². The second kappa shape index (κ2) is 4.16. The van der Waals surface area contributed by atoms with Gasteiger partial charge in [-0.05, 0) is 24.6 Å². The Morgan fingerprint density at radius 3 is 3.13 bits per heavy atom. The number of aromatic nitrogens is 1. The van der Waals surface area contributed by atoms with Crippen LogP contribution < -0.4 is 5.32 Å². The summed E-state index contributed by atoms with van der Waals surface area (Å²) < 4.78 is 1.06. The Morgan fingerprint density at radius 1 is 1.60 bits per heavy atom. The van der Waals surface area contributed by atoms with Crippen molar-refractivity contribution in [2.45, 2.75) is 6.92 Å². The van der Waals surface area contributed by atoms with E-state index in [2.05, 4.69) is 10.3 Å². The average molecular weight is 241 g/mol. The lowest BCUT2D eigenvalue weighted by Gasteiger charge is -1.94. The lowest BCUT2D eigenvalue weighted by molar-refractivity contribution is -0.113. The van der Waals surface area contributed by atoms with Gasteiger partial charge in [0.2, 0.25) is 5.91 Å². The maximum Gasteiger partial charge on any atom is 0.241 e. The summed E-state index contributed by atoms with van der Waals surface area (Å²) in [6.07, 6.45) is 0. The molecular formula is C10H9ClN2OS. The Kier molecular flexibility index (Phi) is 2.88. The quantitative estimate of drug-likeness (QED) is 0.821. The fourth-order valence-corrected chi connectivity index (χ4v) is 2.17. The maximum absolute atomic E-state index is 11.0. The molecule has 0 atom stereocenters. The Bertz CT molecular complexity index is 509. The highest BCUT2D eigenvalue weighted by molar-refractivity contribution is 7.22. The van der Waals surface area contributed by atoms with Crippen LogP contribution in [0.1, 0.15) is 5.56 Å². The SMILES string of the molecule is Cc1ccc2sc(NC(=O)CCl)nc2c1. The van der Waals surface area contributed by atoms with Crippen LogP contribution in [0.25, 0.3) is 10.2 Å². The fourth-order valence-electron chi connectivity index (χ4n) is 1.24. The molecule has 0 saturated carbocycles. The second-order valence-corrected chi connectivity index (χ2v) is 4.47. The van der Waals surface area contributed by atoms with Gasteiger partial charge in [0.15, 0.2) is 5.13 Å². The van der Waals surface area contributed by atoms with E-state index in [4.69, 9.17) is 11.6 Å². The summed E-state index contributed by atoms with van der Waals surface area (Å²) in [5.41, 5.74) is 2.06. The van der Waals surface area contributed by atoms with Crippen molar-refractivity contribution >= 4 is 44.2 Å². The second-order valence-electron chi connectivity index (χ2n) is 3.17. The molecule has 0 aliphatic carbocycles. The van der Waals surface area contributed by atoms with Gasteiger partial charge in [0.05, 0.1) is 10.2 Å². The van der Waals surface area contributed by atoms with E-state index >= 15 is 0 Å². The van der Waals surface area contributed by atoms with E-state index < -0.39 is 0 Å². The minimum Gasteiger partial charge on any atom is -0.301 e. The zero-order valence-corrected chi connectivity index (χ0v) is 9.65. The van der Waals surface area contributed by atoms with E-state index in [1.807, 2.05) is 25.1 Å². The first-order valence-electron chi connectivity index (χ1n) is 4.42. The van der Waals surface area contributed by atoms with Gasteiger partial charge in [0.25, 0.3) is 0 Å². The molecule has 1 heterocycles. The zero-order chi connectivity index (χ0) is 10.8. The first kappa shape index (κ1) is 10.4. The molecule has 0 unspecified atom stereocenters. The third-order valence-corrected chi connectivity index (χ3v) is 3.11. The van der Waals surface area contributed by atoms with Gasteiger partial charge in [-0.3, -0.25) is 4.79 Å². The molecule has 1 amide bonds. The highest BCUT2D eigenvalue weighted by atomic mass is 35.5. The van der Waals surface area contributed by atoms with Gasteiger partial charge in [0.1, 0.15) is 5.88 Å². The molecule has 1 N–H and O–H groups in total. The summed E-state index contributed by atoms with van der Waals surface area (Å²) in [5, 5.41) is 3.24. The third-order valence-electron chi connectivity index (χ3n) is 1.91. The van der Waals surface area contributed by atoms with E-state index in [9.17, 15) is 4.79 Å². The van der Waals surface area contributed by atoms with Crippen molar-refractivity contribution in [2.75, 3.05) is 11.2 Å². The summed E-state index contributed by atoms with van der Waals surface area (Å²) >= 11 is 6.84. The monoisotopic (exact) mass is 240 g/mol. The number of hydrogen-bond donors (Lipinski definition) is 1. The Hall–Kier alpha value is -1.13. The summed E-state index contributed by atoms with van der Waals surface area (Å²) in [4.78, 5) is 15.3. The topological polar surface area (TPSA) is 42.0 Å². The lowest BCUT2D eigenvalue weighted by atomic mass is 10.2. The standard InChI is InChI=1S/C10H9ClN2OS/c1-6-2-3-8-7(4-6)12-10(15-8)13-9(14)5-11/h2-4H,5H2,1H3,(H,12,13,14). The molecule has 5 heteroatoms. The van der Waals surface area contributed by atoms with Gasteiger partial charge in [-0.2, -0.15) is 0 Å². The number of aryl methyl sites for hydroxylation is 1. The first-order valence-corrected chi connectivity index (χ1v) is 5.77. The van der Waals surface area contributed by atoms with Crippen LogP contribution in [0.3, 0.4) is 0 Å². The molecular weight excluding hydrogens is 232 g/mol. The normalized spacial score (nSPS) is 10.5. The van der Waals surface area contributed by atoms with Crippen LogP contribution in [0.5, 0.6) is 0 Å². The smallest absolute Gasteiger partial charge is 0.241 e. The zero-order valence-electron chi connectivity index (χ0n) is 8.08. The van der Waals surface area contributed by atoms with Crippen molar-refractivity contribution in [3.8, 4) is 0 Å². The van der Waals surface area contributed by atoms with Crippen LogP contribution in [0.4, 0.5) is 5.13 Å². The number of hydrogen-bond acceptors (Lipinski definition) is 3. The van der Waals surface area contributed by atoms with E-state index in [0.29, 0.717) is 5.13 Å². The predicted molar refractivity (Wildman–Crippen MR) is 63.7 cm³/mol. The molecule has 0 aliphatic rings. The van der Waals surface area contributed by atoms with Gasteiger partial charge < -0.3 is 5.32 Å². The molecule has 0 spiro atoms. The summed E-state index contributed by atoms with van der Waals surface area (Å²) in [6, 6.07) is 6.01. The van der Waals surface area contributed by atoms with Crippen LogP contribution in [0.15, 0.2) is 18.2 Å². The Morgan fingerprint density at radius 2 is 2.40 bits per heavy atom. The van der Waals surface area contributed by atoms with Crippen molar-refractivity contribution in [1.29, 1.82) is 0 Å². The van der Waals surface area contributed by atoms with Gasteiger partial charge in [-0.15, -0.1) is 11.6 Å². The summed E-state index contributed by atoms with van der Waals surface area (Å²) in [5.74, 6) is -0.276. The number of carbonyl (C=O) groups excluding carboxylic acids is 1. The van der Waals surface area contributed by atoms with E-state index in [1.165, 1.54) is 11.3 Å². The molecule has 0 aliphatic heterocycles. The maximum atomic E-state index is 11.0. The van der Waals surface area contributed by atoms with E-state index in [0.717, 1.165) is 15.8 Å². The Balaban J connectivity index is 2.34. The number of thiazole rings is 1. The number of alkyl halides is 1. The van der Waals surface area contributed by atoms with Crippen LogP contribution >= 0.6 is 22.9 Å². The first-order chi connectivity index (χ1) is 7.19. The average Bonchev–Trinajstić information content (AvgIpc) is 2.59. The number of rotatable bonds is 2. The number of carbonyl (C=O) groups is 1. The van der Waals surface area contributed by atoms with Gasteiger partial charge in [-0.1, -0.05) is 17.4 Å². The van der Waals surface area contributed by atoms with Crippen LogP contribution in [0, 0.1) is 6.92 Å².